The molecular weight excluding hydrogens is 260 g/mol. The zero-order valence-electron chi connectivity index (χ0n) is 10.2. The van der Waals surface area contributed by atoms with Crippen molar-refractivity contribution in [3.63, 3.8) is 0 Å². The summed E-state index contributed by atoms with van der Waals surface area (Å²) in [6, 6.07) is 9.86. The maximum atomic E-state index is 7.54. The summed E-state index contributed by atoms with van der Waals surface area (Å²) in [5.41, 5.74) is 8.46. The lowest BCUT2D eigenvalue weighted by molar-refractivity contribution is 0.974. The molecule has 4 nitrogen and oxygen atoms in total. The number of nitrogen functional groups attached to an aromatic ring is 1. The summed E-state index contributed by atoms with van der Waals surface area (Å²) in [5, 5.41) is 7.97. The number of nitrogens with two attached hydrogens (primary N) is 1. The van der Waals surface area contributed by atoms with Crippen LogP contribution in [-0.4, -0.2) is 17.4 Å². The van der Waals surface area contributed by atoms with Crippen molar-refractivity contribution < 1.29 is 0 Å². The summed E-state index contributed by atoms with van der Waals surface area (Å²) >= 11 is 6.33. The number of halogens is 1. The minimum Gasteiger partial charge on any atom is -0.384 e. The summed E-state index contributed by atoms with van der Waals surface area (Å²) in [5.74, 6) is 0.625. The second kappa shape index (κ2) is 4.55. The molecule has 0 spiro atoms. The first-order chi connectivity index (χ1) is 9.18. The molecule has 3 N–H and O–H groups in total. The number of para-hydroxylation sites is 1. The number of anilines is 2. The minimum absolute atomic E-state index is 0.0406. The van der Waals surface area contributed by atoms with Crippen molar-refractivity contribution >= 4 is 28.9 Å². The first kappa shape index (κ1) is 12.0. The molecule has 2 aromatic rings. The van der Waals surface area contributed by atoms with Gasteiger partial charge in [-0.2, -0.15) is 0 Å². The normalized spacial score (nSPS) is 13.4. The molecule has 0 unspecified atom stereocenters. The molecule has 0 bridgehead atoms. The van der Waals surface area contributed by atoms with Crippen molar-refractivity contribution in [1.82, 2.24) is 4.98 Å². The summed E-state index contributed by atoms with van der Waals surface area (Å²) in [6.07, 6.45) is 2.61. The smallest absolute Gasteiger partial charge is 0.152 e. The zero-order chi connectivity index (χ0) is 13.4. The van der Waals surface area contributed by atoms with Crippen LogP contribution in [0.4, 0.5) is 11.5 Å². The van der Waals surface area contributed by atoms with E-state index in [1.165, 1.54) is 5.56 Å². The molecular formula is C14H13ClN4. The number of hydrogen-bond donors (Lipinski definition) is 2. The van der Waals surface area contributed by atoms with Gasteiger partial charge in [-0.3, -0.25) is 5.41 Å². The van der Waals surface area contributed by atoms with E-state index in [0.717, 1.165) is 18.7 Å². The highest BCUT2D eigenvalue weighted by molar-refractivity contribution is 6.36. The van der Waals surface area contributed by atoms with Gasteiger partial charge >= 0.3 is 0 Å². The van der Waals surface area contributed by atoms with Crippen LogP contribution in [0, 0.1) is 5.41 Å². The van der Waals surface area contributed by atoms with Crippen molar-refractivity contribution in [2.24, 2.45) is 5.73 Å². The molecule has 0 atom stereocenters. The molecule has 2 heterocycles. The van der Waals surface area contributed by atoms with Gasteiger partial charge in [0, 0.05) is 24.0 Å². The number of aromatic nitrogens is 1. The monoisotopic (exact) mass is 272 g/mol. The third-order valence-electron chi connectivity index (χ3n) is 3.30. The Balaban J connectivity index is 2.10. The maximum Gasteiger partial charge on any atom is 0.152 e. The molecule has 1 aromatic carbocycles. The largest absolute Gasteiger partial charge is 0.384 e. The van der Waals surface area contributed by atoms with Crippen LogP contribution < -0.4 is 10.6 Å². The number of benzene rings is 1. The quantitative estimate of drug-likeness (QED) is 0.652. The van der Waals surface area contributed by atoms with Gasteiger partial charge in [-0.25, -0.2) is 4.98 Å². The Kier molecular flexibility index (Phi) is 2.87. The molecule has 3 rings (SSSR count). The molecule has 0 amide bonds. The van der Waals surface area contributed by atoms with Crippen LogP contribution >= 0.6 is 11.6 Å². The predicted molar refractivity (Wildman–Crippen MR) is 77.4 cm³/mol. The number of pyridine rings is 1. The van der Waals surface area contributed by atoms with E-state index in [4.69, 9.17) is 22.7 Å². The molecule has 5 heteroatoms. The summed E-state index contributed by atoms with van der Waals surface area (Å²) in [4.78, 5) is 6.42. The second-order valence-electron chi connectivity index (χ2n) is 4.44. The number of hydrogen-bond acceptors (Lipinski definition) is 3. The van der Waals surface area contributed by atoms with Crippen molar-refractivity contribution in [2.45, 2.75) is 6.42 Å². The number of amidine groups is 1. The Hall–Kier alpha value is -2.07. The van der Waals surface area contributed by atoms with E-state index in [-0.39, 0.29) is 5.84 Å². The Morgan fingerprint density at radius 1 is 1.32 bits per heavy atom. The molecule has 0 aliphatic carbocycles. The summed E-state index contributed by atoms with van der Waals surface area (Å²) in [7, 11) is 0. The topological polar surface area (TPSA) is 66.0 Å². The number of nitrogens with one attached hydrogen (secondary N) is 1. The molecule has 19 heavy (non-hydrogen) atoms. The van der Waals surface area contributed by atoms with E-state index in [9.17, 15) is 0 Å². The molecule has 1 aromatic heterocycles. The van der Waals surface area contributed by atoms with Crippen molar-refractivity contribution in [2.75, 3.05) is 11.4 Å². The van der Waals surface area contributed by atoms with E-state index in [2.05, 4.69) is 22.0 Å². The van der Waals surface area contributed by atoms with Gasteiger partial charge in [0.25, 0.3) is 0 Å². The van der Waals surface area contributed by atoms with Crippen LogP contribution in [0.15, 0.2) is 36.5 Å². The fourth-order valence-electron chi connectivity index (χ4n) is 2.39. The summed E-state index contributed by atoms with van der Waals surface area (Å²) < 4.78 is 0. The third kappa shape index (κ3) is 1.94. The van der Waals surface area contributed by atoms with Crippen LogP contribution in [0.3, 0.4) is 0 Å². The van der Waals surface area contributed by atoms with Crippen molar-refractivity contribution in [3.8, 4) is 0 Å². The maximum absolute atomic E-state index is 7.54. The highest BCUT2D eigenvalue weighted by Crippen LogP contribution is 2.37. The SMILES string of the molecule is N=C(N)c1ccnc(N2CCc3ccccc32)c1Cl. The van der Waals surface area contributed by atoms with Crippen molar-refractivity contribution in [1.29, 1.82) is 5.41 Å². The summed E-state index contributed by atoms with van der Waals surface area (Å²) in [6.45, 7) is 0.841. The van der Waals surface area contributed by atoms with Crippen LogP contribution in [0.25, 0.3) is 0 Å². The average molecular weight is 273 g/mol. The van der Waals surface area contributed by atoms with E-state index in [1.54, 1.807) is 12.3 Å². The first-order valence-corrected chi connectivity index (χ1v) is 6.40. The lowest BCUT2D eigenvalue weighted by Crippen LogP contribution is -2.18. The van der Waals surface area contributed by atoms with E-state index >= 15 is 0 Å². The Labute approximate surface area is 116 Å². The van der Waals surface area contributed by atoms with Gasteiger partial charge in [0.1, 0.15) is 5.84 Å². The standard InChI is InChI=1S/C14H13ClN4/c15-12-10(13(16)17)5-7-18-14(12)19-8-6-9-3-1-2-4-11(9)19/h1-5,7H,6,8H2,(H3,16,17). The second-order valence-corrected chi connectivity index (χ2v) is 4.82. The average Bonchev–Trinajstić information content (AvgIpc) is 2.82. The number of fused-ring (bicyclic) bond motifs is 1. The van der Waals surface area contributed by atoms with Crippen LogP contribution in [-0.2, 0) is 6.42 Å². The Morgan fingerprint density at radius 3 is 2.89 bits per heavy atom. The van der Waals surface area contributed by atoms with Crippen LogP contribution in [0.5, 0.6) is 0 Å². The van der Waals surface area contributed by atoms with Gasteiger partial charge in [-0.15, -0.1) is 0 Å². The van der Waals surface area contributed by atoms with Gasteiger partial charge in [-0.1, -0.05) is 29.8 Å². The molecule has 96 valence electrons. The molecule has 0 fully saturated rings. The highest BCUT2D eigenvalue weighted by atomic mass is 35.5. The fourth-order valence-corrected chi connectivity index (χ4v) is 2.70. The molecule has 1 aliphatic rings. The highest BCUT2D eigenvalue weighted by Gasteiger charge is 2.24. The molecule has 0 saturated carbocycles. The molecule has 0 saturated heterocycles. The number of nitrogens with zero attached hydrogens (tertiary/aromatic N) is 2. The Bertz CT molecular complexity index is 654. The predicted octanol–water partition coefficient (Wildman–Crippen LogP) is 2.71. The Morgan fingerprint density at radius 2 is 2.11 bits per heavy atom. The first-order valence-electron chi connectivity index (χ1n) is 6.03. The van der Waals surface area contributed by atoms with Gasteiger partial charge in [0.15, 0.2) is 5.82 Å². The van der Waals surface area contributed by atoms with E-state index in [1.807, 2.05) is 12.1 Å². The van der Waals surface area contributed by atoms with E-state index < -0.39 is 0 Å². The van der Waals surface area contributed by atoms with Crippen molar-refractivity contribution in [3.05, 3.63) is 52.7 Å². The van der Waals surface area contributed by atoms with E-state index in [0.29, 0.717) is 16.4 Å². The minimum atomic E-state index is -0.0406. The molecule has 0 radical (unpaired) electrons. The van der Waals surface area contributed by atoms with Gasteiger partial charge in [0.2, 0.25) is 0 Å². The van der Waals surface area contributed by atoms with Gasteiger partial charge in [0.05, 0.1) is 5.02 Å². The lowest BCUT2D eigenvalue weighted by atomic mass is 10.2. The van der Waals surface area contributed by atoms with Gasteiger partial charge < -0.3 is 10.6 Å². The fraction of sp³-hybridized carbons (Fsp3) is 0.143. The number of rotatable bonds is 2. The van der Waals surface area contributed by atoms with Crippen LogP contribution in [0.2, 0.25) is 5.02 Å². The zero-order valence-corrected chi connectivity index (χ0v) is 11.0. The van der Waals surface area contributed by atoms with Crippen LogP contribution in [0.1, 0.15) is 11.1 Å². The lowest BCUT2D eigenvalue weighted by Gasteiger charge is -2.20. The van der Waals surface area contributed by atoms with Gasteiger partial charge in [-0.05, 0) is 24.1 Å². The molecule has 1 aliphatic heterocycles. The third-order valence-corrected chi connectivity index (χ3v) is 3.68.